The Hall–Kier alpha value is -1.85. The normalized spacial score (nSPS) is 17.7. The number of aromatic nitrogens is 2. The first-order chi connectivity index (χ1) is 9.97. The van der Waals surface area contributed by atoms with Gasteiger partial charge in [-0.15, -0.1) is 0 Å². The van der Waals surface area contributed by atoms with Crippen molar-refractivity contribution in [2.75, 3.05) is 5.32 Å². The van der Waals surface area contributed by atoms with E-state index in [9.17, 15) is 14.7 Å². The molecular weight excluding hydrogens is 270 g/mol. The quantitative estimate of drug-likeness (QED) is 0.774. The number of rotatable bonds is 5. The molecule has 1 aromatic rings. The minimum absolute atomic E-state index is 0.0809. The first kappa shape index (κ1) is 15.5. The second-order valence-corrected chi connectivity index (χ2v) is 6.03. The first-order valence-electron chi connectivity index (χ1n) is 7.58. The van der Waals surface area contributed by atoms with Crippen LogP contribution in [0.25, 0.3) is 0 Å². The van der Waals surface area contributed by atoms with Gasteiger partial charge in [0.05, 0.1) is 0 Å². The van der Waals surface area contributed by atoms with Gasteiger partial charge in [-0.3, -0.25) is 4.79 Å². The number of carboxylic acid groups (broad SMARTS) is 1. The monoisotopic (exact) mass is 293 g/mol. The number of anilines is 1. The third kappa shape index (κ3) is 4.06. The van der Waals surface area contributed by atoms with Crippen molar-refractivity contribution in [3.8, 4) is 0 Å². The van der Waals surface area contributed by atoms with E-state index in [1.54, 1.807) is 0 Å². The fourth-order valence-corrected chi connectivity index (χ4v) is 2.83. The predicted molar refractivity (Wildman–Crippen MR) is 80.6 cm³/mol. The number of carboxylic acids is 1. The standard InChI is InChI=1S/C15H23N3O3/c1-9(2)14-17-11(8-12(19)18-14)16-13(15(20)21)10-6-4-3-5-7-10/h8-10,13H,3-7H2,1-2H3,(H,20,21)(H2,16,17,18,19). The maximum atomic E-state index is 11.7. The molecule has 0 radical (unpaired) electrons. The minimum Gasteiger partial charge on any atom is -0.480 e. The van der Waals surface area contributed by atoms with Crippen LogP contribution in [-0.4, -0.2) is 27.1 Å². The third-order valence-corrected chi connectivity index (χ3v) is 4.00. The van der Waals surface area contributed by atoms with E-state index in [2.05, 4.69) is 15.3 Å². The molecule has 1 saturated carbocycles. The molecule has 1 unspecified atom stereocenters. The average Bonchev–Trinajstić information content (AvgIpc) is 2.44. The molecule has 1 atom stereocenters. The summed E-state index contributed by atoms with van der Waals surface area (Å²) in [5.74, 6) is 0.213. The highest BCUT2D eigenvalue weighted by Gasteiger charge is 2.29. The van der Waals surface area contributed by atoms with Crippen LogP contribution in [0.15, 0.2) is 10.9 Å². The zero-order chi connectivity index (χ0) is 15.4. The molecule has 0 spiro atoms. The maximum Gasteiger partial charge on any atom is 0.326 e. The zero-order valence-corrected chi connectivity index (χ0v) is 12.6. The Morgan fingerprint density at radius 2 is 2.05 bits per heavy atom. The summed E-state index contributed by atoms with van der Waals surface area (Å²) in [5, 5.41) is 12.4. The summed E-state index contributed by atoms with van der Waals surface area (Å²) in [6, 6.07) is 0.643. The molecule has 6 heteroatoms. The molecule has 6 nitrogen and oxygen atoms in total. The van der Waals surface area contributed by atoms with Gasteiger partial charge in [0.15, 0.2) is 0 Å². The van der Waals surface area contributed by atoms with Crippen molar-refractivity contribution in [2.45, 2.75) is 57.9 Å². The van der Waals surface area contributed by atoms with Crippen LogP contribution in [-0.2, 0) is 4.79 Å². The molecule has 1 heterocycles. The van der Waals surface area contributed by atoms with Crippen LogP contribution in [0, 0.1) is 5.92 Å². The zero-order valence-electron chi connectivity index (χ0n) is 12.6. The minimum atomic E-state index is -0.880. The molecule has 21 heavy (non-hydrogen) atoms. The Kier molecular flexibility index (Phi) is 4.98. The summed E-state index contributed by atoms with van der Waals surface area (Å²) in [6.07, 6.45) is 5.12. The lowest BCUT2D eigenvalue weighted by Crippen LogP contribution is -2.38. The van der Waals surface area contributed by atoms with E-state index in [-0.39, 0.29) is 17.4 Å². The van der Waals surface area contributed by atoms with Gasteiger partial charge in [-0.25, -0.2) is 9.78 Å². The topological polar surface area (TPSA) is 95.1 Å². The maximum absolute atomic E-state index is 11.7. The molecule has 116 valence electrons. The summed E-state index contributed by atoms with van der Waals surface area (Å²) in [4.78, 5) is 30.2. The summed E-state index contributed by atoms with van der Waals surface area (Å²) in [6.45, 7) is 3.86. The SMILES string of the molecule is CC(C)c1nc(NC(C(=O)O)C2CCCCC2)cc(=O)[nH]1. The smallest absolute Gasteiger partial charge is 0.326 e. The molecule has 0 bridgehead atoms. The van der Waals surface area contributed by atoms with E-state index in [1.807, 2.05) is 13.8 Å². The predicted octanol–water partition coefficient (Wildman–Crippen LogP) is 2.34. The van der Waals surface area contributed by atoms with Gasteiger partial charge in [0.25, 0.3) is 5.56 Å². The molecule has 1 aliphatic rings. The van der Waals surface area contributed by atoms with Crippen molar-refractivity contribution >= 4 is 11.8 Å². The van der Waals surface area contributed by atoms with Gasteiger partial charge in [-0.05, 0) is 18.8 Å². The summed E-state index contributed by atoms with van der Waals surface area (Å²) in [7, 11) is 0. The van der Waals surface area contributed by atoms with Crippen LogP contribution in [0.5, 0.6) is 0 Å². The number of carbonyl (C=O) groups is 1. The number of nitrogens with one attached hydrogen (secondary N) is 2. The molecular formula is C15H23N3O3. The Labute approximate surface area is 124 Å². The van der Waals surface area contributed by atoms with Gasteiger partial charge in [-0.2, -0.15) is 0 Å². The summed E-state index contributed by atoms with van der Waals surface area (Å²) >= 11 is 0. The van der Waals surface area contributed by atoms with Gasteiger partial charge in [-0.1, -0.05) is 33.1 Å². The molecule has 0 amide bonds. The van der Waals surface area contributed by atoms with Crippen molar-refractivity contribution in [2.24, 2.45) is 5.92 Å². The molecule has 0 aromatic carbocycles. The first-order valence-corrected chi connectivity index (χ1v) is 7.58. The molecule has 2 rings (SSSR count). The van der Waals surface area contributed by atoms with Crippen molar-refractivity contribution in [3.05, 3.63) is 22.2 Å². The number of aliphatic carboxylic acids is 1. The van der Waals surface area contributed by atoms with E-state index in [0.717, 1.165) is 25.7 Å². The number of nitrogens with zero attached hydrogens (tertiary/aromatic N) is 1. The number of aromatic amines is 1. The van der Waals surface area contributed by atoms with E-state index in [4.69, 9.17) is 0 Å². The van der Waals surface area contributed by atoms with Gasteiger partial charge < -0.3 is 15.4 Å². The van der Waals surface area contributed by atoms with Gasteiger partial charge in [0.1, 0.15) is 17.7 Å². The van der Waals surface area contributed by atoms with E-state index >= 15 is 0 Å². The fraction of sp³-hybridized carbons (Fsp3) is 0.667. The van der Waals surface area contributed by atoms with E-state index < -0.39 is 12.0 Å². The molecule has 1 fully saturated rings. The Morgan fingerprint density at radius 3 is 2.62 bits per heavy atom. The lowest BCUT2D eigenvalue weighted by molar-refractivity contribution is -0.139. The summed E-state index contributed by atoms with van der Waals surface area (Å²) < 4.78 is 0. The number of H-pyrrole nitrogens is 1. The van der Waals surface area contributed by atoms with Crippen LogP contribution in [0.1, 0.15) is 57.7 Å². The molecule has 3 N–H and O–H groups in total. The Morgan fingerprint density at radius 1 is 1.38 bits per heavy atom. The van der Waals surface area contributed by atoms with Gasteiger partial charge >= 0.3 is 5.97 Å². The lowest BCUT2D eigenvalue weighted by Gasteiger charge is -2.28. The fourth-order valence-electron chi connectivity index (χ4n) is 2.83. The van der Waals surface area contributed by atoms with Crippen LogP contribution in [0.3, 0.4) is 0 Å². The van der Waals surface area contributed by atoms with Crippen LogP contribution in [0.4, 0.5) is 5.82 Å². The van der Waals surface area contributed by atoms with Crippen molar-refractivity contribution < 1.29 is 9.90 Å². The lowest BCUT2D eigenvalue weighted by atomic mass is 9.84. The van der Waals surface area contributed by atoms with Gasteiger partial charge in [0.2, 0.25) is 0 Å². The van der Waals surface area contributed by atoms with E-state index in [0.29, 0.717) is 11.6 Å². The second kappa shape index (κ2) is 6.74. The van der Waals surface area contributed by atoms with Crippen LogP contribution >= 0.6 is 0 Å². The van der Waals surface area contributed by atoms with Gasteiger partial charge in [0, 0.05) is 12.0 Å². The number of hydrogen-bond donors (Lipinski definition) is 3. The molecule has 1 aromatic heterocycles. The van der Waals surface area contributed by atoms with E-state index in [1.165, 1.54) is 12.5 Å². The van der Waals surface area contributed by atoms with Crippen molar-refractivity contribution in [1.29, 1.82) is 0 Å². The van der Waals surface area contributed by atoms with Crippen LogP contribution < -0.4 is 10.9 Å². The van der Waals surface area contributed by atoms with Crippen molar-refractivity contribution in [1.82, 2.24) is 9.97 Å². The summed E-state index contributed by atoms with van der Waals surface area (Å²) in [5.41, 5.74) is -0.260. The second-order valence-electron chi connectivity index (χ2n) is 6.03. The third-order valence-electron chi connectivity index (χ3n) is 4.00. The largest absolute Gasteiger partial charge is 0.480 e. The Bertz CT molecular complexity index is 547. The molecule has 1 aliphatic carbocycles. The average molecular weight is 293 g/mol. The highest BCUT2D eigenvalue weighted by molar-refractivity contribution is 5.77. The molecule has 0 aliphatic heterocycles. The molecule has 0 saturated heterocycles. The highest BCUT2D eigenvalue weighted by atomic mass is 16.4. The highest BCUT2D eigenvalue weighted by Crippen LogP contribution is 2.28. The Balaban J connectivity index is 2.20. The van der Waals surface area contributed by atoms with Crippen LogP contribution in [0.2, 0.25) is 0 Å². The number of hydrogen-bond acceptors (Lipinski definition) is 4. The van der Waals surface area contributed by atoms with Crippen molar-refractivity contribution in [3.63, 3.8) is 0 Å².